The third-order valence-corrected chi connectivity index (χ3v) is 20.9. The number of ketones is 1. The molecule has 5 aromatic carbocycles. The zero-order valence-electron chi connectivity index (χ0n) is 51.7. The van der Waals surface area contributed by atoms with Crippen molar-refractivity contribution in [3.05, 3.63) is 169 Å². The van der Waals surface area contributed by atoms with Crippen LogP contribution < -0.4 is 31.9 Å². The molecule has 0 saturated heterocycles. The predicted molar refractivity (Wildman–Crippen MR) is 362 cm³/mol. The van der Waals surface area contributed by atoms with E-state index in [0.717, 1.165) is 138 Å². The van der Waals surface area contributed by atoms with E-state index < -0.39 is 0 Å². The van der Waals surface area contributed by atoms with Gasteiger partial charge in [-0.25, -0.2) is 9.97 Å². The second-order valence-electron chi connectivity index (χ2n) is 26.2. The van der Waals surface area contributed by atoms with Gasteiger partial charge in [-0.1, -0.05) is 80.6 Å². The molecule has 3 spiro atoms. The van der Waals surface area contributed by atoms with Gasteiger partial charge in [0.2, 0.25) is 23.6 Å². The Kier molecular flexibility index (Phi) is 14.9. The second-order valence-corrected chi connectivity index (χ2v) is 26.6. The van der Waals surface area contributed by atoms with E-state index in [-0.39, 0.29) is 69.8 Å². The molecule has 2 atom stereocenters. The molecular formula is C73H69ClN12O8. The number of aromatic amines is 1. The fourth-order valence-electron chi connectivity index (χ4n) is 15.4. The number of hydrogen-bond donors (Lipinski definition) is 7. The molecule has 2 unspecified atom stereocenters. The van der Waals surface area contributed by atoms with E-state index in [0.29, 0.717) is 81.9 Å². The number of nitrogens with one attached hydrogen (secondary N) is 7. The van der Waals surface area contributed by atoms with Crippen molar-refractivity contribution in [3.8, 4) is 22.8 Å². The van der Waals surface area contributed by atoms with Crippen LogP contribution in [0.4, 0.5) is 11.4 Å². The summed E-state index contributed by atoms with van der Waals surface area (Å²) in [5.41, 5.74) is 11.1. The number of halogens is 1. The van der Waals surface area contributed by atoms with Crippen LogP contribution in [0.2, 0.25) is 5.02 Å². The maximum Gasteiger partial charge on any atom is 0.268 e. The highest BCUT2D eigenvalue weighted by atomic mass is 35.5. The first-order valence-electron chi connectivity index (χ1n) is 32.3. The largest absolute Gasteiger partial charge is 0.436 e. The minimum Gasteiger partial charge on any atom is -0.436 e. The molecule has 94 heavy (non-hydrogen) atoms. The van der Waals surface area contributed by atoms with Crippen LogP contribution in [0.25, 0.3) is 77.7 Å². The van der Waals surface area contributed by atoms with E-state index in [2.05, 4.69) is 81.4 Å². The standard InChI is InChI=1S/C25H29N3O3.C24H19ClN4O3.C24H21N5O2/c1-2-23(30)27-19-7-4-3-6-16(19)14-22(29)18-9-8-17-12-21-24(31)26-15-25(10-5-11-25)28(21)20(17)13-18;1-2-20(30)27-16-10-15(25)11-19-21(16)28-23(32-19)14-5-4-13-8-18-22(31)26-12-24(6-3-7-24)29(18)17(13)9-14;1-2-20(30)26-16-5-3-6-17-21(16)28-22(27-17)15-8-7-14-11-19-23(31)25-13-24(9-4-10-24)29(19)18(14)12-15/h2,8-9,12-13,16,19H,1,3-7,10-11,14-15H2,(H,26,31)(H,27,30);2,4-5,8-11H,1,3,6-7,12H2,(H,26,31)(H,27,30);2-3,5-8,11-12H,1,4,9-10,13H2,(H,25,31)(H,26,30)(H,27,28). The molecule has 21 heteroatoms. The molecule has 8 heterocycles. The number of Topliss-reactive ketones (excluding diaryl/α,β-unsaturated/α-hetero) is 1. The summed E-state index contributed by atoms with van der Waals surface area (Å²) in [6.45, 7) is 12.5. The van der Waals surface area contributed by atoms with Crippen molar-refractivity contribution in [2.75, 3.05) is 30.3 Å². The molecular weight excluding hydrogens is 1210 g/mol. The minimum atomic E-state index is -0.358. The molecule has 3 aliphatic heterocycles. The van der Waals surface area contributed by atoms with Crippen LogP contribution in [0.3, 0.4) is 0 Å². The Hall–Kier alpha value is -10.3. The first-order chi connectivity index (χ1) is 45.6. The number of benzene rings is 5. The quantitative estimate of drug-likeness (QED) is 0.0476. The number of anilines is 2. The molecule has 10 aromatic rings. The van der Waals surface area contributed by atoms with Gasteiger partial charge in [0.1, 0.15) is 33.9 Å². The van der Waals surface area contributed by atoms with Gasteiger partial charge in [-0.2, -0.15) is 0 Å². The Morgan fingerprint density at radius 2 is 1.10 bits per heavy atom. The van der Waals surface area contributed by atoms with Gasteiger partial charge in [-0.15, -0.1) is 0 Å². The fraction of sp³-hybridized carbons (Fsp3) is 0.301. The first-order valence-corrected chi connectivity index (χ1v) is 32.7. The van der Waals surface area contributed by atoms with Crippen molar-refractivity contribution in [2.45, 2.75) is 113 Å². The molecule has 476 valence electrons. The Bertz CT molecular complexity index is 4910. The van der Waals surface area contributed by atoms with Crippen molar-refractivity contribution in [1.29, 1.82) is 0 Å². The lowest BCUT2D eigenvalue weighted by atomic mass is 9.75. The number of aromatic nitrogens is 6. The van der Waals surface area contributed by atoms with Crippen molar-refractivity contribution in [1.82, 2.24) is 49.9 Å². The number of carbonyl (C=O) groups excluding carboxylic acids is 7. The molecule has 0 bridgehead atoms. The maximum atomic E-state index is 13.2. The second kappa shape index (κ2) is 23.3. The molecule has 0 radical (unpaired) electrons. The van der Waals surface area contributed by atoms with Gasteiger partial charge in [0.25, 0.3) is 17.7 Å². The fourth-order valence-corrected chi connectivity index (χ4v) is 15.6. The molecule has 7 N–H and O–H groups in total. The maximum absolute atomic E-state index is 13.2. The molecule has 20 nitrogen and oxygen atoms in total. The summed E-state index contributed by atoms with van der Waals surface area (Å²) in [6, 6.07) is 32.7. The summed E-state index contributed by atoms with van der Waals surface area (Å²) in [6.07, 6.45) is 18.0. The predicted octanol–water partition coefficient (Wildman–Crippen LogP) is 12.5. The molecule has 5 aromatic heterocycles. The lowest BCUT2D eigenvalue weighted by Gasteiger charge is -2.47. The summed E-state index contributed by atoms with van der Waals surface area (Å²) in [4.78, 5) is 98.9. The van der Waals surface area contributed by atoms with Crippen LogP contribution in [0.1, 0.15) is 132 Å². The monoisotopic (exact) mass is 1280 g/mol. The van der Waals surface area contributed by atoms with Crippen LogP contribution in [0, 0.1) is 5.92 Å². The van der Waals surface area contributed by atoms with E-state index >= 15 is 0 Å². The number of carbonyl (C=O) groups is 7. The number of H-pyrrole nitrogens is 1. The third-order valence-electron chi connectivity index (χ3n) is 20.7. The summed E-state index contributed by atoms with van der Waals surface area (Å²) in [5, 5.41) is 21.2. The zero-order chi connectivity index (χ0) is 64.8. The Labute approximate surface area is 544 Å². The average Bonchev–Trinajstić information content (AvgIpc) is 1.45. The van der Waals surface area contributed by atoms with E-state index in [1.807, 2.05) is 84.9 Å². The Balaban J connectivity index is 0.000000116. The van der Waals surface area contributed by atoms with Crippen molar-refractivity contribution in [2.24, 2.45) is 5.92 Å². The van der Waals surface area contributed by atoms with Crippen LogP contribution in [0.15, 0.2) is 146 Å². The highest BCUT2D eigenvalue weighted by Crippen LogP contribution is 2.48. The number of rotatable bonds is 11. The summed E-state index contributed by atoms with van der Waals surface area (Å²) >= 11 is 6.21. The van der Waals surface area contributed by atoms with Gasteiger partial charge in [-0.05, 0) is 155 Å². The van der Waals surface area contributed by atoms with Crippen molar-refractivity contribution in [3.63, 3.8) is 0 Å². The number of nitrogens with zero attached hydrogens (tertiary/aromatic N) is 5. The molecule has 4 aliphatic carbocycles. The Morgan fingerprint density at radius 1 is 0.574 bits per heavy atom. The Morgan fingerprint density at radius 3 is 1.65 bits per heavy atom. The number of imidazole rings is 1. The van der Waals surface area contributed by atoms with Gasteiger partial charge < -0.3 is 55.0 Å². The molecule has 4 saturated carbocycles. The zero-order valence-corrected chi connectivity index (χ0v) is 52.5. The number of hydrogen-bond acceptors (Lipinski definition) is 10. The number of para-hydroxylation sites is 1. The third kappa shape index (κ3) is 10.3. The number of amides is 6. The lowest BCUT2D eigenvalue weighted by Crippen LogP contribution is -2.55. The van der Waals surface area contributed by atoms with Gasteiger partial charge in [-0.3, -0.25) is 33.6 Å². The van der Waals surface area contributed by atoms with E-state index in [9.17, 15) is 33.6 Å². The number of fused-ring (bicyclic) bond motifs is 14. The molecule has 7 aliphatic rings. The highest BCUT2D eigenvalue weighted by molar-refractivity contribution is 6.32. The molecule has 6 amide bonds. The first kappa shape index (κ1) is 59.9. The van der Waals surface area contributed by atoms with Gasteiger partial charge in [0.05, 0.1) is 39.0 Å². The smallest absolute Gasteiger partial charge is 0.268 e. The lowest BCUT2D eigenvalue weighted by molar-refractivity contribution is -0.118. The summed E-state index contributed by atoms with van der Waals surface area (Å²) in [5.74, 6) is 0.481. The van der Waals surface area contributed by atoms with Crippen LogP contribution in [-0.2, 0) is 31.0 Å². The van der Waals surface area contributed by atoms with Gasteiger partial charge in [0, 0.05) is 87.1 Å². The van der Waals surface area contributed by atoms with Crippen LogP contribution >= 0.6 is 11.6 Å². The molecule has 4 fully saturated rings. The van der Waals surface area contributed by atoms with E-state index in [4.69, 9.17) is 21.0 Å². The van der Waals surface area contributed by atoms with Gasteiger partial charge >= 0.3 is 0 Å². The van der Waals surface area contributed by atoms with Crippen LogP contribution in [-0.4, -0.2) is 95.6 Å². The average molecular weight is 1280 g/mol. The number of oxazole rings is 1. The van der Waals surface area contributed by atoms with Crippen molar-refractivity contribution >= 4 is 119 Å². The van der Waals surface area contributed by atoms with Crippen molar-refractivity contribution < 1.29 is 38.0 Å². The minimum absolute atomic E-state index is 0.0124. The molecule has 17 rings (SSSR count). The normalized spacial score (nSPS) is 19.1. The topological polar surface area (TPSA) is 261 Å². The van der Waals surface area contributed by atoms with Crippen LogP contribution in [0.5, 0.6) is 0 Å². The summed E-state index contributed by atoms with van der Waals surface area (Å²) < 4.78 is 12.6. The van der Waals surface area contributed by atoms with E-state index in [1.54, 1.807) is 12.1 Å². The highest BCUT2D eigenvalue weighted by Gasteiger charge is 2.47. The summed E-state index contributed by atoms with van der Waals surface area (Å²) in [7, 11) is 0. The van der Waals surface area contributed by atoms with E-state index in [1.165, 1.54) is 24.6 Å². The van der Waals surface area contributed by atoms with Gasteiger partial charge in [0.15, 0.2) is 11.4 Å². The SMILES string of the molecule is C=CC(=O)NC1CCCCC1CC(=O)c1ccc2cc3n(c2c1)C1(CCC1)CNC3=O.C=CC(=O)Nc1cc(Cl)cc2oc(-c3ccc4cc5n(c4c3)C3(CCC3)CNC5=O)nc12.C=CC(=O)Nc1cccc2[nH]c(-c3ccc4cc5n(c4c3)C3(CCC3)CNC5=O)nc12.